The Balaban J connectivity index is 2.21. The number of carbonyl (C=O) groups is 1. The van der Waals surface area contributed by atoms with Crippen molar-refractivity contribution in [3.8, 4) is 0 Å². The van der Waals surface area contributed by atoms with Gasteiger partial charge in [-0.05, 0) is 36.6 Å². The molecule has 162 valence electrons. The summed E-state index contributed by atoms with van der Waals surface area (Å²) >= 11 is 0. The molecule has 3 atom stereocenters. The number of hydrogen-bond donors (Lipinski definition) is 1. The first kappa shape index (κ1) is 22.1. The van der Waals surface area contributed by atoms with Gasteiger partial charge in [-0.3, -0.25) is 4.18 Å². The fourth-order valence-electron chi connectivity index (χ4n) is 3.89. The molecule has 1 amide bonds. The number of likely N-dealkylation sites (tertiary alicyclic amines) is 1. The summed E-state index contributed by atoms with van der Waals surface area (Å²) in [5.74, 6) is -4.15. The third-order valence-corrected chi connectivity index (χ3v) is 5.66. The monoisotopic (exact) mass is 443 g/mol. The van der Waals surface area contributed by atoms with Crippen molar-refractivity contribution >= 4 is 16.2 Å². The number of rotatable bonds is 6. The molecule has 0 saturated carbocycles. The Morgan fingerprint density at radius 2 is 1.83 bits per heavy atom. The number of benzene rings is 2. The second-order valence-corrected chi connectivity index (χ2v) is 8.72. The lowest BCUT2D eigenvalue weighted by Crippen LogP contribution is -2.47. The molecule has 0 unspecified atom stereocenters. The second kappa shape index (κ2) is 8.65. The molecule has 0 bridgehead atoms. The Bertz CT molecular complexity index is 1030. The minimum atomic E-state index is -4.11. The summed E-state index contributed by atoms with van der Waals surface area (Å²) in [5.41, 5.74) is 0.0410. The van der Waals surface area contributed by atoms with Crippen LogP contribution in [0.5, 0.6) is 0 Å². The fourth-order valence-corrected chi connectivity index (χ4v) is 4.54. The van der Waals surface area contributed by atoms with Gasteiger partial charge in [0.2, 0.25) is 0 Å². The Morgan fingerprint density at radius 3 is 2.43 bits per heavy atom. The Labute approximate surface area is 172 Å². The predicted molar refractivity (Wildman–Crippen MR) is 102 cm³/mol. The molecular formula is C20H20F3NO5S. The van der Waals surface area contributed by atoms with Gasteiger partial charge in [-0.2, -0.15) is 8.42 Å². The first-order chi connectivity index (χ1) is 14.1. The normalized spacial score (nSPS) is 18.9. The summed E-state index contributed by atoms with van der Waals surface area (Å²) in [6, 6.07) is 7.31. The molecule has 1 aliphatic heterocycles. The van der Waals surface area contributed by atoms with Crippen LogP contribution in [0.15, 0.2) is 42.5 Å². The van der Waals surface area contributed by atoms with Gasteiger partial charge >= 0.3 is 6.09 Å². The molecule has 2 aromatic carbocycles. The van der Waals surface area contributed by atoms with Crippen LogP contribution in [0.3, 0.4) is 0 Å². The van der Waals surface area contributed by atoms with Crippen LogP contribution in [0.4, 0.5) is 18.0 Å². The molecule has 0 aliphatic carbocycles. The van der Waals surface area contributed by atoms with E-state index in [1.807, 2.05) is 0 Å². The van der Waals surface area contributed by atoms with E-state index in [-0.39, 0.29) is 24.1 Å². The van der Waals surface area contributed by atoms with Gasteiger partial charge in [0.15, 0.2) is 11.6 Å². The van der Waals surface area contributed by atoms with E-state index >= 15 is 0 Å². The number of halogens is 3. The summed E-state index contributed by atoms with van der Waals surface area (Å²) in [7, 11) is -4.11. The Morgan fingerprint density at radius 1 is 1.17 bits per heavy atom. The van der Waals surface area contributed by atoms with Gasteiger partial charge in [0, 0.05) is 18.0 Å². The minimum Gasteiger partial charge on any atom is -0.465 e. The van der Waals surface area contributed by atoms with E-state index in [0.29, 0.717) is 6.42 Å². The average molecular weight is 443 g/mol. The molecule has 1 N–H and O–H groups in total. The molecule has 1 heterocycles. The highest BCUT2D eigenvalue weighted by Gasteiger charge is 2.43. The minimum absolute atomic E-state index is 0.144. The summed E-state index contributed by atoms with van der Waals surface area (Å²) < 4.78 is 71.6. The van der Waals surface area contributed by atoms with Gasteiger partial charge in [0.05, 0.1) is 12.3 Å². The maximum atomic E-state index is 14.8. The highest BCUT2D eigenvalue weighted by Crippen LogP contribution is 2.38. The Kier molecular flexibility index (Phi) is 6.37. The summed E-state index contributed by atoms with van der Waals surface area (Å²) in [4.78, 5) is 12.7. The van der Waals surface area contributed by atoms with Crippen LogP contribution < -0.4 is 0 Å². The molecule has 10 heteroatoms. The lowest BCUT2D eigenvalue weighted by atomic mass is 9.82. The zero-order valence-electron chi connectivity index (χ0n) is 16.0. The van der Waals surface area contributed by atoms with E-state index in [1.165, 1.54) is 24.3 Å². The van der Waals surface area contributed by atoms with E-state index in [4.69, 9.17) is 4.18 Å². The van der Waals surface area contributed by atoms with Crippen LogP contribution in [-0.2, 0) is 14.3 Å². The van der Waals surface area contributed by atoms with Crippen molar-refractivity contribution in [1.29, 1.82) is 0 Å². The SMILES string of the molecule is CS(=O)(=O)O[C@H]([C@H](c1ccc(F)cc1)c1cccc(F)c1F)[C@H]1CCCN1C(=O)O. The van der Waals surface area contributed by atoms with Crippen molar-refractivity contribution in [3.05, 3.63) is 71.0 Å². The van der Waals surface area contributed by atoms with Crippen molar-refractivity contribution < 1.29 is 35.7 Å². The molecule has 0 aromatic heterocycles. The number of hydrogen-bond acceptors (Lipinski definition) is 4. The fraction of sp³-hybridized carbons (Fsp3) is 0.350. The quantitative estimate of drug-likeness (QED) is 0.688. The Hall–Kier alpha value is -2.59. The molecule has 30 heavy (non-hydrogen) atoms. The molecule has 2 aromatic rings. The first-order valence-electron chi connectivity index (χ1n) is 9.15. The summed E-state index contributed by atoms with van der Waals surface area (Å²) in [6.07, 6.45) is -1.16. The summed E-state index contributed by atoms with van der Waals surface area (Å²) in [6.45, 7) is 0.144. The van der Waals surface area contributed by atoms with Crippen molar-refractivity contribution in [1.82, 2.24) is 4.90 Å². The maximum Gasteiger partial charge on any atom is 0.407 e. The molecule has 1 fully saturated rings. The number of carboxylic acid groups (broad SMARTS) is 1. The number of nitrogens with zero attached hydrogens (tertiary/aromatic N) is 1. The molecule has 0 radical (unpaired) electrons. The van der Waals surface area contributed by atoms with E-state index in [9.17, 15) is 31.5 Å². The van der Waals surface area contributed by atoms with Gasteiger partial charge < -0.3 is 10.0 Å². The molecule has 0 spiro atoms. The zero-order chi connectivity index (χ0) is 22.1. The topological polar surface area (TPSA) is 83.9 Å². The van der Waals surface area contributed by atoms with Crippen molar-refractivity contribution in [2.24, 2.45) is 0 Å². The molecular weight excluding hydrogens is 423 g/mol. The highest BCUT2D eigenvalue weighted by atomic mass is 32.2. The van der Waals surface area contributed by atoms with Crippen LogP contribution in [0.25, 0.3) is 0 Å². The van der Waals surface area contributed by atoms with Crippen LogP contribution in [0.1, 0.15) is 29.9 Å². The van der Waals surface area contributed by atoms with Gasteiger partial charge in [0.25, 0.3) is 10.1 Å². The van der Waals surface area contributed by atoms with E-state index in [2.05, 4.69) is 0 Å². The van der Waals surface area contributed by atoms with Crippen LogP contribution >= 0.6 is 0 Å². The van der Waals surface area contributed by atoms with E-state index in [0.717, 1.165) is 29.4 Å². The highest BCUT2D eigenvalue weighted by molar-refractivity contribution is 7.86. The lowest BCUT2D eigenvalue weighted by Gasteiger charge is -2.35. The van der Waals surface area contributed by atoms with Crippen molar-refractivity contribution in [3.63, 3.8) is 0 Å². The molecule has 1 saturated heterocycles. The molecule has 6 nitrogen and oxygen atoms in total. The predicted octanol–water partition coefficient (Wildman–Crippen LogP) is 3.72. The maximum absolute atomic E-state index is 14.8. The smallest absolute Gasteiger partial charge is 0.407 e. The largest absolute Gasteiger partial charge is 0.465 e. The van der Waals surface area contributed by atoms with E-state index in [1.54, 1.807) is 0 Å². The van der Waals surface area contributed by atoms with Crippen molar-refractivity contribution in [2.75, 3.05) is 12.8 Å². The lowest BCUT2D eigenvalue weighted by molar-refractivity contribution is 0.0771. The zero-order valence-corrected chi connectivity index (χ0v) is 16.8. The second-order valence-electron chi connectivity index (χ2n) is 7.12. The number of amides is 1. The third-order valence-electron chi connectivity index (χ3n) is 5.08. The average Bonchev–Trinajstić information content (AvgIpc) is 3.15. The van der Waals surface area contributed by atoms with Gasteiger partial charge in [-0.25, -0.2) is 18.0 Å². The van der Waals surface area contributed by atoms with Gasteiger partial charge in [-0.1, -0.05) is 24.3 Å². The molecule has 3 rings (SSSR count). The first-order valence-corrected chi connectivity index (χ1v) is 11.0. The van der Waals surface area contributed by atoms with Gasteiger partial charge in [-0.15, -0.1) is 0 Å². The van der Waals surface area contributed by atoms with Crippen LogP contribution in [0, 0.1) is 17.5 Å². The van der Waals surface area contributed by atoms with Crippen molar-refractivity contribution in [2.45, 2.75) is 30.9 Å². The molecule has 1 aliphatic rings. The van der Waals surface area contributed by atoms with Crippen LogP contribution in [0.2, 0.25) is 0 Å². The van der Waals surface area contributed by atoms with Crippen LogP contribution in [-0.4, -0.2) is 49.5 Å². The van der Waals surface area contributed by atoms with E-state index < -0.39 is 51.7 Å². The third kappa shape index (κ3) is 4.76. The summed E-state index contributed by atoms with van der Waals surface area (Å²) in [5, 5.41) is 9.53. The van der Waals surface area contributed by atoms with Gasteiger partial charge in [0.1, 0.15) is 11.9 Å². The standard InChI is InChI=1S/C20H20F3NO5S/c1-30(27,28)29-19(16-6-3-11-24(16)20(25)26)17(12-7-9-13(21)10-8-12)14-4-2-5-15(22)18(14)23/h2,4-5,7-10,16-17,19H,3,6,11H2,1H3,(H,25,26)/t16-,17-,19+/m1/s1.